The zero-order valence-corrected chi connectivity index (χ0v) is 15.1. The molecule has 8 heteroatoms. The number of phenolic OH excluding ortho intramolecular Hbond substituents is 2. The van der Waals surface area contributed by atoms with Crippen molar-refractivity contribution in [2.24, 2.45) is 0 Å². The molecule has 146 valence electrons. The fraction of sp³-hybridized carbons (Fsp3) is 0.100. The number of carboxylic acids is 1. The molecule has 0 aliphatic rings. The van der Waals surface area contributed by atoms with Gasteiger partial charge in [0.2, 0.25) is 5.75 Å². The van der Waals surface area contributed by atoms with Crippen LogP contribution in [-0.4, -0.2) is 41.5 Å². The highest BCUT2D eigenvalue weighted by molar-refractivity contribution is 5.89. The molecule has 0 aromatic heterocycles. The van der Waals surface area contributed by atoms with Crippen LogP contribution in [0, 0.1) is 0 Å². The van der Waals surface area contributed by atoms with Gasteiger partial charge in [0.25, 0.3) is 0 Å². The quantitative estimate of drug-likeness (QED) is 0.287. The number of carboxylic acid groups (broad SMARTS) is 1. The summed E-state index contributed by atoms with van der Waals surface area (Å²) in [4.78, 5) is 22.6. The van der Waals surface area contributed by atoms with Crippen molar-refractivity contribution in [1.82, 2.24) is 0 Å². The van der Waals surface area contributed by atoms with Crippen LogP contribution in [0.1, 0.15) is 11.1 Å². The van der Waals surface area contributed by atoms with Crippen molar-refractivity contribution in [2.75, 3.05) is 14.2 Å². The van der Waals surface area contributed by atoms with Crippen LogP contribution in [0.25, 0.3) is 12.2 Å². The van der Waals surface area contributed by atoms with Crippen LogP contribution in [0.3, 0.4) is 0 Å². The second-order valence-corrected chi connectivity index (χ2v) is 5.43. The maximum absolute atomic E-state index is 12.1. The van der Waals surface area contributed by atoms with Gasteiger partial charge < -0.3 is 29.5 Å². The molecule has 3 N–H and O–H groups in total. The molecule has 2 aromatic rings. The average molecular weight is 386 g/mol. The van der Waals surface area contributed by atoms with Gasteiger partial charge in [-0.05, 0) is 47.5 Å². The summed E-state index contributed by atoms with van der Waals surface area (Å²) in [5.41, 5.74) is 0.964. The molecule has 0 saturated heterocycles. The van der Waals surface area contributed by atoms with Gasteiger partial charge in [-0.25, -0.2) is 9.59 Å². The SMILES string of the molecule is COc1cc(C=CC(=O)O)ccc1OC(=O)C=Cc1cc(O)c(O)c(OC)c1. The smallest absolute Gasteiger partial charge is 0.336 e. The van der Waals surface area contributed by atoms with E-state index >= 15 is 0 Å². The summed E-state index contributed by atoms with van der Waals surface area (Å²) < 4.78 is 15.3. The molecule has 0 unspecified atom stereocenters. The van der Waals surface area contributed by atoms with Crippen molar-refractivity contribution in [2.45, 2.75) is 0 Å². The van der Waals surface area contributed by atoms with Gasteiger partial charge in [0.15, 0.2) is 23.0 Å². The maximum Gasteiger partial charge on any atom is 0.336 e. The summed E-state index contributed by atoms with van der Waals surface area (Å²) in [6.45, 7) is 0. The lowest BCUT2D eigenvalue weighted by Crippen LogP contribution is -2.05. The number of ether oxygens (including phenoxy) is 3. The highest BCUT2D eigenvalue weighted by Gasteiger charge is 2.10. The molecule has 0 aliphatic carbocycles. The standard InChI is InChI=1S/C20H18O8/c1-26-16-10-12(4-7-18(22)23)3-6-15(16)28-19(24)8-5-13-9-14(21)20(25)17(11-13)27-2/h3-11,21,25H,1-2H3,(H,22,23). The number of esters is 1. The van der Waals surface area contributed by atoms with Gasteiger partial charge in [-0.3, -0.25) is 0 Å². The first-order valence-electron chi connectivity index (χ1n) is 7.93. The van der Waals surface area contributed by atoms with E-state index < -0.39 is 17.7 Å². The Labute approximate surface area is 160 Å². The highest BCUT2D eigenvalue weighted by Crippen LogP contribution is 2.36. The predicted molar refractivity (Wildman–Crippen MR) is 101 cm³/mol. The third-order valence-electron chi connectivity index (χ3n) is 3.53. The Hall–Kier alpha value is -3.94. The van der Waals surface area contributed by atoms with E-state index in [1.165, 1.54) is 50.6 Å². The van der Waals surface area contributed by atoms with Crippen LogP contribution in [0.2, 0.25) is 0 Å². The Balaban J connectivity index is 2.15. The Morgan fingerprint density at radius 2 is 1.50 bits per heavy atom. The van der Waals surface area contributed by atoms with Crippen LogP contribution < -0.4 is 14.2 Å². The fourth-order valence-corrected chi connectivity index (χ4v) is 2.21. The van der Waals surface area contributed by atoms with Crippen molar-refractivity contribution >= 4 is 24.1 Å². The average Bonchev–Trinajstić information content (AvgIpc) is 2.67. The molecule has 0 amide bonds. The van der Waals surface area contributed by atoms with Crippen LogP contribution in [0.15, 0.2) is 42.5 Å². The number of benzene rings is 2. The number of aliphatic carboxylic acids is 1. The largest absolute Gasteiger partial charge is 0.504 e. The normalized spacial score (nSPS) is 10.9. The molecule has 8 nitrogen and oxygen atoms in total. The summed E-state index contributed by atoms with van der Waals surface area (Å²) in [5, 5.41) is 27.9. The Morgan fingerprint density at radius 1 is 0.857 bits per heavy atom. The minimum atomic E-state index is -1.09. The summed E-state index contributed by atoms with van der Waals surface area (Å²) in [5.74, 6) is -2.13. The number of phenols is 2. The molecule has 0 spiro atoms. The molecular formula is C20H18O8. The number of aromatic hydroxyl groups is 2. The Kier molecular flexibility index (Phi) is 6.64. The monoisotopic (exact) mass is 386 g/mol. The van der Waals surface area contributed by atoms with E-state index in [0.717, 1.165) is 12.2 Å². The second kappa shape index (κ2) is 9.13. The van der Waals surface area contributed by atoms with Gasteiger partial charge in [0, 0.05) is 12.2 Å². The number of hydrogen-bond acceptors (Lipinski definition) is 7. The first-order valence-corrected chi connectivity index (χ1v) is 7.93. The van der Waals surface area contributed by atoms with Crippen molar-refractivity contribution in [1.29, 1.82) is 0 Å². The van der Waals surface area contributed by atoms with E-state index in [0.29, 0.717) is 11.1 Å². The van der Waals surface area contributed by atoms with Gasteiger partial charge in [-0.1, -0.05) is 6.07 Å². The molecule has 0 aliphatic heterocycles. The third kappa shape index (κ3) is 5.28. The topological polar surface area (TPSA) is 123 Å². The van der Waals surface area contributed by atoms with Crippen LogP contribution in [0.5, 0.6) is 28.7 Å². The summed E-state index contributed by atoms with van der Waals surface area (Å²) in [6.07, 6.45) is 4.86. The molecule has 0 radical (unpaired) electrons. The number of hydrogen-bond donors (Lipinski definition) is 3. The van der Waals surface area contributed by atoms with Crippen molar-refractivity contribution in [3.63, 3.8) is 0 Å². The molecule has 28 heavy (non-hydrogen) atoms. The number of carbonyl (C=O) groups excluding carboxylic acids is 1. The molecule has 0 fully saturated rings. The van der Waals surface area contributed by atoms with Crippen LogP contribution >= 0.6 is 0 Å². The predicted octanol–water partition coefficient (Wildman–Crippen LogP) is 2.83. The van der Waals surface area contributed by atoms with E-state index in [1.54, 1.807) is 6.07 Å². The fourth-order valence-electron chi connectivity index (χ4n) is 2.21. The van der Waals surface area contributed by atoms with Gasteiger partial charge in [-0.2, -0.15) is 0 Å². The lowest BCUT2D eigenvalue weighted by Gasteiger charge is -2.09. The lowest BCUT2D eigenvalue weighted by molar-refractivity contribution is -0.131. The minimum Gasteiger partial charge on any atom is -0.504 e. The zero-order chi connectivity index (χ0) is 20.7. The summed E-state index contributed by atoms with van der Waals surface area (Å²) >= 11 is 0. The van der Waals surface area contributed by atoms with E-state index in [2.05, 4.69) is 0 Å². The molecular weight excluding hydrogens is 368 g/mol. The Morgan fingerprint density at radius 3 is 2.14 bits per heavy atom. The zero-order valence-electron chi connectivity index (χ0n) is 15.1. The lowest BCUT2D eigenvalue weighted by atomic mass is 10.1. The van der Waals surface area contributed by atoms with Crippen LogP contribution in [0.4, 0.5) is 0 Å². The first kappa shape index (κ1) is 20.4. The first-order chi connectivity index (χ1) is 13.3. The number of carbonyl (C=O) groups is 2. The van der Waals surface area contributed by atoms with E-state index in [1.807, 2.05) is 0 Å². The molecule has 0 heterocycles. The number of methoxy groups -OCH3 is 2. The van der Waals surface area contributed by atoms with Crippen molar-refractivity contribution in [3.05, 3.63) is 53.6 Å². The molecule has 2 aromatic carbocycles. The van der Waals surface area contributed by atoms with Gasteiger partial charge in [0.05, 0.1) is 14.2 Å². The van der Waals surface area contributed by atoms with E-state index in [9.17, 15) is 19.8 Å². The van der Waals surface area contributed by atoms with E-state index in [-0.39, 0.29) is 23.0 Å². The third-order valence-corrected chi connectivity index (χ3v) is 3.53. The molecule has 0 saturated carbocycles. The van der Waals surface area contributed by atoms with Crippen molar-refractivity contribution < 1.29 is 39.1 Å². The van der Waals surface area contributed by atoms with Gasteiger partial charge >= 0.3 is 11.9 Å². The molecule has 2 rings (SSSR count). The van der Waals surface area contributed by atoms with Crippen LogP contribution in [-0.2, 0) is 9.59 Å². The molecule has 0 bridgehead atoms. The second-order valence-electron chi connectivity index (χ2n) is 5.43. The molecule has 0 atom stereocenters. The Bertz CT molecular complexity index is 943. The maximum atomic E-state index is 12.1. The van der Waals surface area contributed by atoms with Gasteiger partial charge in [-0.15, -0.1) is 0 Å². The minimum absolute atomic E-state index is 0.0553. The van der Waals surface area contributed by atoms with E-state index in [4.69, 9.17) is 19.3 Å². The number of rotatable bonds is 7. The highest BCUT2D eigenvalue weighted by atomic mass is 16.6. The van der Waals surface area contributed by atoms with Gasteiger partial charge in [0.1, 0.15) is 0 Å². The summed E-state index contributed by atoms with van der Waals surface area (Å²) in [7, 11) is 2.72. The summed E-state index contributed by atoms with van der Waals surface area (Å²) in [6, 6.07) is 7.25. The van der Waals surface area contributed by atoms with Crippen molar-refractivity contribution in [3.8, 4) is 28.7 Å².